The van der Waals surface area contributed by atoms with E-state index in [1.807, 2.05) is 32.9 Å². The first-order valence-corrected chi connectivity index (χ1v) is 10.3. The second-order valence-electron chi connectivity index (χ2n) is 8.58. The van der Waals surface area contributed by atoms with Crippen LogP contribution in [-0.4, -0.2) is 20.8 Å². The van der Waals surface area contributed by atoms with Crippen LogP contribution >= 0.6 is 15.9 Å². The zero-order chi connectivity index (χ0) is 22.8. The largest absolute Gasteiger partial charge is 0.324 e. The fourth-order valence-electron chi connectivity index (χ4n) is 5.09. The van der Waals surface area contributed by atoms with E-state index in [4.69, 9.17) is 0 Å². The number of carbonyl (C=O) groups is 1. The van der Waals surface area contributed by atoms with E-state index >= 15 is 0 Å². The minimum absolute atomic E-state index is 0.0530. The lowest BCUT2D eigenvalue weighted by atomic mass is 9.63. The Bertz CT molecular complexity index is 1260. The molecule has 9 nitrogen and oxygen atoms in total. The molecule has 2 bridgehead atoms. The third-order valence-corrected chi connectivity index (χ3v) is 7.97. The van der Waals surface area contributed by atoms with Crippen molar-refractivity contribution in [3.8, 4) is 12.1 Å². The molecule has 2 aliphatic carbocycles. The molecule has 1 amide bonds. The number of fused-ring (bicyclic) bond motifs is 5. The maximum absolute atomic E-state index is 13.8. The van der Waals surface area contributed by atoms with Gasteiger partial charge in [-0.2, -0.15) is 10.5 Å². The number of hydrogen-bond acceptors (Lipinski definition) is 7. The van der Waals surface area contributed by atoms with Crippen LogP contribution in [-0.2, 0) is 15.6 Å². The van der Waals surface area contributed by atoms with Crippen molar-refractivity contribution in [1.82, 2.24) is 9.97 Å². The Morgan fingerprint density at radius 2 is 1.77 bits per heavy atom. The number of halogens is 1. The molecule has 31 heavy (non-hydrogen) atoms. The third kappa shape index (κ3) is 2.48. The summed E-state index contributed by atoms with van der Waals surface area (Å²) in [7, 11) is 0. The number of amides is 1. The number of nitriles is 2. The number of nitrogens with zero attached hydrogens (tertiary/aromatic N) is 5. The monoisotopic (exact) mass is 480 g/mol. The highest BCUT2D eigenvalue weighted by molar-refractivity contribution is 9.10. The minimum Gasteiger partial charge on any atom is -0.324 e. The molecule has 2 atom stereocenters. The number of rotatable bonds is 3. The van der Waals surface area contributed by atoms with Gasteiger partial charge in [-0.3, -0.25) is 14.9 Å². The van der Waals surface area contributed by atoms with Crippen molar-refractivity contribution in [3.05, 3.63) is 55.6 Å². The molecule has 1 N–H and O–H groups in total. The van der Waals surface area contributed by atoms with Gasteiger partial charge in [-0.1, -0.05) is 20.8 Å². The van der Waals surface area contributed by atoms with E-state index in [0.717, 1.165) is 0 Å². The second kappa shape index (κ2) is 6.56. The van der Waals surface area contributed by atoms with Gasteiger partial charge in [0.25, 0.3) is 5.69 Å². The van der Waals surface area contributed by atoms with Crippen LogP contribution in [0.2, 0.25) is 0 Å². The number of nitro groups is 1. The summed E-state index contributed by atoms with van der Waals surface area (Å²) in [4.78, 5) is 33.3. The van der Waals surface area contributed by atoms with Crippen molar-refractivity contribution < 1.29 is 9.72 Å². The number of anilines is 1. The molecule has 10 heteroatoms. The van der Waals surface area contributed by atoms with Crippen LogP contribution < -0.4 is 5.32 Å². The first kappa shape index (κ1) is 20.9. The van der Waals surface area contributed by atoms with E-state index in [2.05, 4.69) is 31.2 Å². The molecule has 1 heterocycles. The fraction of sp³-hybridized carbons (Fsp3) is 0.381. The number of nitro benzene ring substituents is 1. The molecule has 1 aromatic heterocycles. The van der Waals surface area contributed by atoms with Gasteiger partial charge in [-0.25, -0.2) is 9.97 Å². The summed E-state index contributed by atoms with van der Waals surface area (Å²) in [6.45, 7) is 5.92. The lowest BCUT2D eigenvalue weighted by Crippen LogP contribution is -2.48. The Balaban J connectivity index is 1.89. The predicted molar refractivity (Wildman–Crippen MR) is 113 cm³/mol. The number of nitrogens with one attached hydrogen (secondary N) is 1. The molecule has 1 fully saturated rings. The molecule has 2 aliphatic rings. The van der Waals surface area contributed by atoms with E-state index in [1.165, 1.54) is 18.2 Å². The van der Waals surface area contributed by atoms with Crippen LogP contribution in [0.3, 0.4) is 0 Å². The SMILES string of the molecule is CC12CCC(C(=O)Nc3cc([N+](=O)[O-])ccc3Br)(c3nc(C#N)c(C#N)nc31)C2(C)C. The van der Waals surface area contributed by atoms with Crippen molar-refractivity contribution in [2.45, 2.75) is 44.4 Å². The van der Waals surface area contributed by atoms with Crippen LogP contribution in [0.5, 0.6) is 0 Å². The van der Waals surface area contributed by atoms with Gasteiger partial charge in [0.15, 0.2) is 11.4 Å². The highest BCUT2D eigenvalue weighted by Gasteiger charge is 2.73. The number of non-ortho nitro benzene ring substituents is 1. The highest BCUT2D eigenvalue weighted by Crippen LogP contribution is 2.70. The molecule has 1 aromatic carbocycles. The van der Waals surface area contributed by atoms with E-state index in [1.54, 1.807) is 0 Å². The van der Waals surface area contributed by atoms with Gasteiger partial charge in [0.1, 0.15) is 12.1 Å². The van der Waals surface area contributed by atoms with Gasteiger partial charge in [0.2, 0.25) is 5.91 Å². The Morgan fingerprint density at radius 3 is 2.35 bits per heavy atom. The first-order valence-electron chi connectivity index (χ1n) is 9.52. The van der Waals surface area contributed by atoms with Gasteiger partial charge < -0.3 is 5.32 Å². The van der Waals surface area contributed by atoms with Crippen LogP contribution in [0, 0.1) is 38.2 Å². The summed E-state index contributed by atoms with van der Waals surface area (Å²) < 4.78 is 0.503. The maximum atomic E-state index is 13.8. The van der Waals surface area contributed by atoms with Gasteiger partial charge in [-0.15, -0.1) is 0 Å². The minimum atomic E-state index is -1.10. The average Bonchev–Trinajstić information content (AvgIpc) is 3.03. The second-order valence-corrected chi connectivity index (χ2v) is 9.43. The summed E-state index contributed by atoms with van der Waals surface area (Å²) in [6.07, 6.45) is 1.13. The Hall–Kier alpha value is -3.37. The number of aromatic nitrogens is 2. The number of benzene rings is 1. The maximum Gasteiger partial charge on any atom is 0.271 e. The lowest BCUT2D eigenvalue weighted by Gasteiger charge is -2.39. The van der Waals surface area contributed by atoms with E-state index < -0.39 is 21.2 Å². The van der Waals surface area contributed by atoms with E-state index in [-0.39, 0.29) is 28.7 Å². The van der Waals surface area contributed by atoms with Crippen molar-refractivity contribution in [2.75, 3.05) is 5.32 Å². The summed E-state index contributed by atoms with van der Waals surface area (Å²) >= 11 is 3.33. The smallest absolute Gasteiger partial charge is 0.271 e. The van der Waals surface area contributed by atoms with Gasteiger partial charge in [0.05, 0.1) is 27.4 Å². The molecule has 2 aromatic rings. The average molecular weight is 481 g/mol. The lowest BCUT2D eigenvalue weighted by molar-refractivity contribution is -0.384. The quantitative estimate of drug-likeness (QED) is 0.517. The standard InChI is InChI=1S/C21H17BrN6O3/c1-19(2)20(3)6-7-21(19,17-16(20)25-14(9-23)15(10-24)26-17)18(29)27-13-8-11(28(30)31)4-5-12(13)22/h4-5,8H,6-7H2,1-3H3,(H,27,29). The Morgan fingerprint density at radius 1 is 1.16 bits per heavy atom. The molecule has 2 unspecified atom stereocenters. The molecule has 156 valence electrons. The van der Waals surface area contributed by atoms with Gasteiger partial charge >= 0.3 is 0 Å². The zero-order valence-corrected chi connectivity index (χ0v) is 18.6. The fourth-order valence-corrected chi connectivity index (χ4v) is 5.44. The summed E-state index contributed by atoms with van der Waals surface area (Å²) in [5.74, 6) is -0.371. The molecule has 0 saturated heterocycles. The van der Waals surface area contributed by atoms with E-state index in [9.17, 15) is 25.4 Å². The third-order valence-electron chi connectivity index (χ3n) is 7.28. The summed E-state index contributed by atoms with van der Waals surface area (Å²) in [6, 6.07) is 7.96. The van der Waals surface area contributed by atoms with Crippen molar-refractivity contribution in [2.24, 2.45) is 5.41 Å². The van der Waals surface area contributed by atoms with Crippen LogP contribution in [0.4, 0.5) is 11.4 Å². The van der Waals surface area contributed by atoms with Crippen LogP contribution in [0.1, 0.15) is 56.4 Å². The van der Waals surface area contributed by atoms with E-state index in [0.29, 0.717) is 28.7 Å². The molecule has 0 spiro atoms. The normalized spacial score (nSPS) is 24.7. The molecule has 0 radical (unpaired) electrons. The molecular weight excluding hydrogens is 464 g/mol. The summed E-state index contributed by atoms with van der Waals surface area (Å²) in [5, 5.41) is 32.9. The van der Waals surface area contributed by atoms with Gasteiger partial charge in [-0.05, 0) is 40.3 Å². The molecular formula is C21H17BrN6O3. The summed E-state index contributed by atoms with van der Waals surface area (Å²) in [5.41, 5.74) is -1.33. The Labute approximate surface area is 186 Å². The zero-order valence-electron chi connectivity index (χ0n) is 17.0. The van der Waals surface area contributed by atoms with Crippen LogP contribution in [0.25, 0.3) is 0 Å². The number of hydrogen-bond donors (Lipinski definition) is 1. The first-order chi connectivity index (χ1) is 14.5. The molecule has 1 saturated carbocycles. The van der Waals surface area contributed by atoms with Crippen molar-refractivity contribution in [3.63, 3.8) is 0 Å². The predicted octanol–water partition coefficient (Wildman–Crippen LogP) is 3.86. The van der Waals surface area contributed by atoms with Crippen molar-refractivity contribution >= 4 is 33.2 Å². The molecule has 0 aliphatic heterocycles. The highest BCUT2D eigenvalue weighted by atomic mass is 79.9. The molecule has 4 rings (SSSR count). The van der Waals surface area contributed by atoms with Crippen molar-refractivity contribution in [1.29, 1.82) is 10.5 Å². The van der Waals surface area contributed by atoms with Crippen LogP contribution in [0.15, 0.2) is 22.7 Å². The van der Waals surface area contributed by atoms with Gasteiger partial charge in [0, 0.05) is 22.0 Å². The Kier molecular flexibility index (Phi) is 4.42. The topological polar surface area (TPSA) is 146 Å². The number of carbonyl (C=O) groups excluding carboxylic acids is 1.